The molecular formula is C19H31N3O3. The third-order valence-electron chi connectivity index (χ3n) is 4.73. The second-order valence-electron chi connectivity index (χ2n) is 6.75. The lowest BCUT2D eigenvalue weighted by Gasteiger charge is -2.37. The molecule has 1 saturated heterocycles. The summed E-state index contributed by atoms with van der Waals surface area (Å²) in [5.41, 5.74) is 1.18. The summed E-state index contributed by atoms with van der Waals surface area (Å²) < 4.78 is 5.15. The SMILES string of the molecule is COc1ccc(CCNC(=O)[C@H](C)N2CCN(C[C@H](C)O)CC2)cc1. The van der Waals surface area contributed by atoms with Crippen LogP contribution in [0.25, 0.3) is 0 Å². The molecule has 25 heavy (non-hydrogen) atoms. The van der Waals surface area contributed by atoms with Crippen LogP contribution in [0.1, 0.15) is 19.4 Å². The minimum atomic E-state index is -0.301. The van der Waals surface area contributed by atoms with Crippen LogP contribution in [0.4, 0.5) is 0 Å². The molecule has 1 aromatic carbocycles. The molecule has 0 spiro atoms. The Bertz CT molecular complexity index is 525. The number of amides is 1. The van der Waals surface area contributed by atoms with Gasteiger partial charge in [0, 0.05) is 39.3 Å². The standard InChI is InChI=1S/C19H31N3O3/c1-15(23)14-21-10-12-22(13-11-21)16(2)19(24)20-9-8-17-4-6-18(25-3)7-5-17/h4-7,15-16,23H,8-14H2,1-3H3,(H,20,24)/t15-,16-/m0/s1. The van der Waals surface area contributed by atoms with Crippen molar-refractivity contribution >= 4 is 5.91 Å². The van der Waals surface area contributed by atoms with Crippen molar-refractivity contribution in [2.45, 2.75) is 32.4 Å². The second-order valence-corrected chi connectivity index (χ2v) is 6.75. The zero-order valence-electron chi connectivity index (χ0n) is 15.6. The van der Waals surface area contributed by atoms with Crippen molar-refractivity contribution in [1.82, 2.24) is 15.1 Å². The van der Waals surface area contributed by atoms with Crippen LogP contribution in [0.2, 0.25) is 0 Å². The Kier molecular flexibility index (Phi) is 7.68. The normalized spacial score (nSPS) is 18.6. The number of methoxy groups -OCH3 is 1. The van der Waals surface area contributed by atoms with Gasteiger partial charge in [0.1, 0.15) is 5.75 Å². The van der Waals surface area contributed by atoms with Crippen LogP contribution >= 0.6 is 0 Å². The first-order chi connectivity index (χ1) is 12.0. The first-order valence-corrected chi connectivity index (χ1v) is 9.04. The van der Waals surface area contributed by atoms with Gasteiger partial charge in [0.2, 0.25) is 5.91 Å². The highest BCUT2D eigenvalue weighted by atomic mass is 16.5. The van der Waals surface area contributed by atoms with Gasteiger partial charge in [-0.1, -0.05) is 12.1 Å². The van der Waals surface area contributed by atoms with E-state index in [1.54, 1.807) is 7.11 Å². The van der Waals surface area contributed by atoms with E-state index in [0.717, 1.165) is 38.3 Å². The van der Waals surface area contributed by atoms with Crippen LogP contribution in [0.15, 0.2) is 24.3 Å². The molecule has 1 aliphatic rings. The Balaban J connectivity index is 1.69. The number of ether oxygens (including phenoxy) is 1. The number of carbonyl (C=O) groups excluding carboxylic acids is 1. The fraction of sp³-hybridized carbons (Fsp3) is 0.632. The predicted octanol–water partition coefficient (Wildman–Crippen LogP) is 0.741. The zero-order chi connectivity index (χ0) is 18.2. The molecule has 2 N–H and O–H groups in total. The van der Waals surface area contributed by atoms with Crippen molar-refractivity contribution < 1.29 is 14.6 Å². The summed E-state index contributed by atoms with van der Waals surface area (Å²) in [5.74, 6) is 0.925. The van der Waals surface area contributed by atoms with Crippen LogP contribution in [0, 0.1) is 0 Å². The molecule has 1 fully saturated rings. The number of piperazine rings is 1. The number of nitrogens with one attached hydrogen (secondary N) is 1. The van der Waals surface area contributed by atoms with Gasteiger partial charge in [0.05, 0.1) is 19.3 Å². The number of carbonyl (C=O) groups is 1. The maximum absolute atomic E-state index is 12.4. The van der Waals surface area contributed by atoms with Crippen molar-refractivity contribution in [3.8, 4) is 5.75 Å². The van der Waals surface area contributed by atoms with Gasteiger partial charge in [0.25, 0.3) is 0 Å². The van der Waals surface area contributed by atoms with Gasteiger partial charge in [-0.15, -0.1) is 0 Å². The molecule has 6 heteroatoms. The fourth-order valence-corrected chi connectivity index (χ4v) is 3.14. The predicted molar refractivity (Wildman–Crippen MR) is 98.9 cm³/mol. The van der Waals surface area contributed by atoms with E-state index >= 15 is 0 Å². The largest absolute Gasteiger partial charge is 0.497 e. The molecule has 1 heterocycles. The first-order valence-electron chi connectivity index (χ1n) is 9.04. The summed E-state index contributed by atoms with van der Waals surface area (Å²) in [6.07, 6.45) is 0.509. The summed E-state index contributed by atoms with van der Waals surface area (Å²) in [4.78, 5) is 16.8. The van der Waals surface area contributed by atoms with Crippen LogP contribution in [-0.2, 0) is 11.2 Å². The summed E-state index contributed by atoms with van der Waals surface area (Å²) in [7, 11) is 1.65. The molecule has 6 nitrogen and oxygen atoms in total. The number of hydrogen-bond acceptors (Lipinski definition) is 5. The molecule has 1 aliphatic heterocycles. The van der Waals surface area contributed by atoms with E-state index < -0.39 is 0 Å². The first kappa shape index (κ1) is 19.7. The lowest BCUT2D eigenvalue weighted by atomic mass is 10.1. The van der Waals surface area contributed by atoms with Crippen molar-refractivity contribution in [3.63, 3.8) is 0 Å². The average Bonchev–Trinajstić information content (AvgIpc) is 2.61. The molecule has 0 unspecified atom stereocenters. The van der Waals surface area contributed by atoms with E-state index in [2.05, 4.69) is 15.1 Å². The van der Waals surface area contributed by atoms with Crippen LogP contribution < -0.4 is 10.1 Å². The molecule has 2 atom stereocenters. The Morgan fingerprint density at radius 3 is 2.40 bits per heavy atom. The van der Waals surface area contributed by atoms with E-state index in [1.165, 1.54) is 5.56 Å². The smallest absolute Gasteiger partial charge is 0.237 e. The Morgan fingerprint density at radius 1 is 1.20 bits per heavy atom. The van der Waals surface area contributed by atoms with Gasteiger partial charge in [-0.25, -0.2) is 0 Å². The molecule has 1 amide bonds. The van der Waals surface area contributed by atoms with Gasteiger partial charge >= 0.3 is 0 Å². The molecule has 0 radical (unpaired) electrons. The molecule has 1 aromatic rings. The monoisotopic (exact) mass is 349 g/mol. The van der Waals surface area contributed by atoms with Crippen molar-refractivity contribution in [2.24, 2.45) is 0 Å². The summed E-state index contributed by atoms with van der Waals surface area (Å²) >= 11 is 0. The van der Waals surface area contributed by atoms with E-state index in [1.807, 2.05) is 38.1 Å². The van der Waals surface area contributed by atoms with Crippen molar-refractivity contribution in [3.05, 3.63) is 29.8 Å². The molecule has 0 aliphatic carbocycles. The number of β-amino-alcohol motifs (C(OH)–C–C–N with tert-alkyl or cyclic N) is 1. The number of aliphatic hydroxyl groups is 1. The Morgan fingerprint density at radius 2 is 1.84 bits per heavy atom. The molecular weight excluding hydrogens is 318 g/mol. The topological polar surface area (TPSA) is 65.0 Å². The van der Waals surface area contributed by atoms with Crippen LogP contribution in [0.3, 0.4) is 0 Å². The second kappa shape index (κ2) is 9.75. The maximum atomic E-state index is 12.4. The average molecular weight is 349 g/mol. The van der Waals surface area contributed by atoms with E-state index in [9.17, 15) is 9.90 Å². The number of nitrogens with zero attached hydrogens (tertiary/aromatic N) is 2. The maximum Gasteiger partial charge on any atom is 0.237 e. The summed E-state index contributed by atoms with van der Waals surface area (Å²) in [6, 6.07) is 7.80. The third-order valence-corrected chi connectivity index (χ3v) is 4.73. The molecule has 140 valence electrons. The summed E-state index contributed by atoms with van der Waals surface area (Å²) in [5, 5.41) is 12.5. The minimum Gasteiger partial charge on any atom is -0.497 e. The number of aliphatic hydroxyl groups excluding tert-OH is 1. The van der Waals surface area contributed by atoms with E-state index in [4.69, 9.17) is 4.74 Å². The zero-order valence-corrected chi connectivity index (χ0v) is 15.6. The van der Waals surface area contributed by atoms with Gasteiger partial charge in [0.15, 0.2) is 0 Å². The van der Waals surface area contributed by atoms with Gasteiger partial charge in [-0.2, -0.15) is 0 Å². The summed E-state index contributed by atoms with van der Waals surface area (Å²) in [6.45, 7) is 8.63. The highest BCUT2D eigenvalue weighted by molar-refractivity contribution is 5.81. The quantitative estimate of drug-likeness (QED) is 0.725. The molecule has 0 bridgehead atoms. The van der Waals surface area contributed by atoms with Gasteiger partial charge in [-0.05, 0) is 38.0 Å². The molecule has 0 aromatic heterocycles. The van der Waals surface area contributed by atoms with Gasteiger partial charge < -0.3 is 15.2 Å². The number of rotatable bonds is 8. The van der Waals surface area contributed by atoms with Crippen LogP contribution in [-0.4, -0.2) is 79.3 Å². The fourth-order valence-electron chi connectivity index (χ4n) is 3.14. The minimum absolute atomic E-state index is 0.0810. The van der Waals surface area contributed by atoms with Crippen molar-refractivity contribution in [2.75, 3.05) is 46.4 Å². The molecule has 2 rings (SSSR count). The van der Waals surface area contributed by atoms with E-state index in [0.29, 0.717) is 13.1 Å². The highest BCUT2D eigenvalue weighted by Gasteiger charge is 2.25. The third kappa shape index (κ3) is 6.30. The number of benzene rings is 1. The van der Waals surface area contributed by atoms with Crippen molar-refractivity contribution in [1.29, 1.82) is 0 Å². The lowest BCUT2D eigenvalue weighted by molar-refractivity contribution is -0.126. The Hall–Kier alpha value is -1.63. The lowest BCUT2D eigenvalue weighted by Crippen LogP contribution is -2.54. The van der Waals surface area contributed by atoms with Crippen LogP contribution in [0.5, 0.6) is 5.75 Å². The molecule has 0 saturated carbocycles. The van der Waals surface area contributed by atoms with E-state index in [-0.39, 0.29) is 18.1 Å². The number of hydrogen-bond donors (Lipinski definition) is 2. The highest BCUT2D eigenvalue weighted by Crippen LogP contribution is 2.11. The Labute approximate surface area is 150 Å². The van der Waals surface area contributed by atoms with Gasteiger partial charge in [-0.3, -0.25) is 14.6 Å².